The molecular formula is C16H19N3O3S. The van der Waals surface area contributed by atoms with Gasteiger partial charge in [0.1, 0.15) is 21.8 Å². The topological polar surface area (TPSA) is 91.5 Å². The third kappa shape index (κ3) is 4.08. The molecule has 0 amide bonds. The van der Waals surface area contributed by atoms with Crippen LogP contribution < -0.4 is 10.5 Å². The molecule has 6 nitrogen and oxygen atoms in total. The molecule has 3 rings (SSSR count). The summed E-state index contributed by atoms with van der Waals surface area (Å²) in [5.41, 5.74) is 3.16. The van der Waals surface area contributed by atoms with Crippen molar-refractivity contribution in [3.05, 3.63) is 65.7 Å². The zero-order valence-corrected chi connectivity index (χ0v) is 14.0. The average molecular weight is 333 g/mol. The van der Waals surface area contributed by atoms with Gasteiger partial charge in [0.05, 0.1) is 11.1 Å². The summed E-state index contributed by atoms with van der Waals surface area (Å²) in [5.74, 6) is 5.48. The Morgan fingerprint density at radius 2 is 1.74 bits per heavy atom. The Morgan fingerprint density at radius 1 is 1.13 bits per heavy atom. The molecule has 0 aliphatic carbocycles. The fourth-order valence-electron chi connectivity index (χ4n) is 2.56. The van der Waals surface area contributed by atoms with Crippen molar-refractivity contribution in [2.24, 2.45) is 0 Å². The Hall–Kier alpha value is -2.38. The van der Waals surface area contributed by atoms with E-state index in [9.17, 15) is 13.0 Å². The maximum atomic E-state index is 10.8. The van der Waals surface area contributed by atoms with Gasteiger partial charge >= 0.3 is 0 Å². The van der Waals surface area contributed by atoms with E-state index in [4.69, 9.17) is 5.84 Å². The van der Waals surface area contributed by atoms with Crippen LogP contribution in [0, 0.1) is 20.8 Å². The van der Waals surface area contributed by atoms with Gasteiger partial charge in [0.2, 0.25) is 0 Å². The molecule has 7 heteroatoms. The molecule has 122 valence electrons. The molecule has 2 heterocycles. The minimum Gasteiger partial charge on any atom is -0.744 e. The monoisotopic (exact) mass is 333 g/mol. The predicted molar refractivity (Wildman–Crippen MR) is 86.4 cm³/mol. The van der Waals surface area contributed by atoms with Crippen LogP contribution in [0.1, 0.15) is 16.7 Å². The van der Waals surface area contributed by atoms with Gasteiger partial charge in [-0.2, -0.15) is 0 Å². The number of aromatic nitrogens is 2. The molecule has 0 saturated heterocycles. The molecule has 3 aromatic rings. The lowest BCUT2D eigenvalue weighted by Crippen LogP contribution is -2.44. The molecule has 0 aliphatic heterocycles. The van der Waals surface area contributed by atoms with Crippen LogP contribution in [-0.2, 0) is 10.1 Å². The highest BCUT2D eigenvalue weighted by molar-refractivity contribution is 7.85. The van der Waals surface area contributed by atoms with E-state index in [1.807, 2.05) is 48.2 Å². The van der Waals surface area contributed by atoms with E-state index < -0.39 is 10.1 Å². The summed E-state index contributed by atoms with van der Waals surface area (Å²) in [7, 11) is -4.33. The molecule has 0 radical (unpaired) electrons. The summed E-state index contributed by atoms with van der Waals surface area (Å²) in [6, 6.07) is 9.35. The summed E-state index contributed by atoms with van der Waals surface area (Å²) in [6.45, 7) is 5.12. The average Bonchev–Trinajstić information content (AvgIpc) is 2.83. The van der Waals surface area contributed by atoms with Crippen molar-refractivity contribution in [2.45, 2.75) is 25.7 Å². The summed E-state index contributed by atoms with van der Waals surface area (Å²) in [6.07, 6.45) is 5.59. The number of nitrogen functional groups attached to an aromatic ring is 1. The third-order valence-electron chi connectivity index (χ3n) is 3.34. The molecule has 1 aromatic carbocycles. The highest BCUT2D eigenvalue weighted by Crippen LogP contribution is 2.20. The number of hydrogen-bond donors (Lipinski definition) is 1. The van der Waals surface area contributed by atoms with E-state index in [0.717, 1.165) is 11.1 Å². The van der Waals surface area contributed by atoms with Crippen molar-refractivity contribution >= 4 is 15.6 Å². The fraction of sp³-hybridized carbons (Fsp3) is 0.188. The Kier molecular flexibility index (Phi) is 4.72. The molecule has 0 aliphatic rings. The lowest BCUT2D eigenvalue weighted by atomic mass is 10.1. The Balaban J connectivity index is 0.000000172. The van der Waals surface area contributed by atoms with Gasteiger partial charge < -0.3 is 4.55 Å². The lowest BCUT2D eigenvalue weighted by Gasteiger charge is -2.14. The van der Waals surface area contributed by atoms with E-state index in [-0.39, 0.29) is 4.90 Å². The molecule has 0 saturated carbocycles. The second-order valence-corrected chi connectivity index (χ2v) is 6.72. The number of hydrogen-bond acceptors (Lipinski definition) is 4. The molecule has 0 atom stereocenters. The van der Waals surface area contributed by atoms with Crippen LogP contribution in [0.2, 0.25) is 0 Å². The highest BCUT2D eigenvalue weighted by atomic mass is 32.2. The van der Waals surface area contributed by atoms with Crippen LogP contribution in [0.3, 0.4) is 0 Å². The molecular weight excluding hydrogens is 314 g/mol. The van der Waals surface area contributed by atoms with Crippen molar-refractivity contribution in [2.75, 3.05) is 5.84 Å². The van der Waals surface area contributed by atoms with E-state index in [0.29, 0.717) is 11.1 Å². The number of benzene rings is 1. The molecule has 0 unspecified atom stereocenters. The first-order valence-electron chi connectivity index (χ1n) is 6.95. The highest BCUT2D eigenvalue weighted by Gasteiger charge is 2.09. The first kappa shape index (κ1) is 17.0. The van der Waals surface area contributed by atoms with E-state index >= 15 is 0 Å². The van der Waals surface area contributed by atoms with Gasteiger partial charge in [-0.05, 0) is 44.0 Å². The third-order valence-corrected chi connectivity index (χ3v) is 4.49. The van der Waals surface area contributed by atoms with Crippen molar-refractivity contribution in [3.63, 3.8) is 0 Å². The zero-order chi connectivity index (χ0) is 17.2. The van der Waals surface area contributed by atoms with Crippen LogP contribution in [0.15, 0.2) is 53.9 Å². The number of nitrogens with zero attached hydrogens (tertiary/aromatic N) is 2. The van der Waals surface area contributed by atoms with E-state index in [2.05, 4.69) is 0 Å². The van der Waals surface area contributed by atoms with E-state index in [1.165, 1.54) is 4.68 Å². The van der Waals surface area contributed by atoms with Crippen LogP contribution in [0.5, 0.6) is 0 Å². The van der Waals surface area contributed by atoms with Gasteiger partial charge in [-0.15, -0.1) is 4.68 Å². The molecule has 0 bridgehead atoms. The molecule has 2 aromatic heterocycles. The van der Waals surface area contributed by atoms with Gasteiger partial charge in [0.15, 0.2) is 0 Å². The fourth-order valence-corrected chi connectivity index (χ4v) is 3.47. The molecule has 23 heavy (non-hydrogen) atoms. The molecule has 0 fully saturated rings. The maximum absolute atomic E-state index is 10.8. The maximum Gasteiger partial charge on any atom is 0.271 e. The number of nitrogens with two attached hydrogens (primary N) is 1. The largest absolute Gasteiger partial charge is 0.744 e. The van der Waals surface area contributed by atoms with Gasteiger partial charge in [-0.3, -0.25) is 5.84 Å². The number of fused-ring (bicyclic) bond motifs is 1. The lowest BCUT2D eigenvalue weighted by molar-refractivity contribution is -0.642. The first-order chi connectivity index (χ1) is 10.7. The summed E-state index contributed by atoms with van der Waals surface area (Å²) in [4.78, 5) is -0.0851. The normalized spacial score (nSPS) is 11.1. The Labute approximate surface area is 135 Å². The van der Waals surface area contributed by atoms with Gasteiger partial charge in [-0.25, -0.2) is 12.8 Å². The Morgan fingerprint density at radius 3 is 2.30 bits per heavy atom. The van der Waals surface area contributed by atoms with Gasteiger partial charge in [0, 0.05) is 6.07 Å². The van der Waals surface area contributed by atoms with Crippen LogP contribution in [-0.4, -0.2) is 17.4 Å². The smallest absolute Gasteiger partial charge is 0.271 e. The summed E-state index contributed by atoms with van der Waals surface area (Å²) >= 11 is 0. The van der Waals surface area contributed by atoms with E-state index in [1.54, 1.807) is 26.0 Å². The summed E-state index contributed by atoms with van der Waals surface area (Å²) < 4.78 is 36.0. The second kappa shape index (κ2) is 6.39. The number of rotatable bonds is 1. The summed E-state index contributed by atoms with van der Waals surface area (Å²) in [5, 5.41) is 0. The SMILES string of the molecule is Cc1cc(C)c(S(=O)(=O)[O-])c(C)c1.N[n+]1ccc2cccn2c1. The van der Waals surface area contributed by atoms with Crippen molar-refractivity contribution in [3.8, 4) is 0 Å². The van der Waals surface area contributed by atoms with Crippen molar-refractivity contribution in [1.82, 2.24) is 4.40 Å². The minimum absolute atomic E-state index is 0.0851. The van der Waals surface area contributed by atoms with Gasteiger partial charge in [-0.1, -0.05) is 17.7 Å². The predicted octanol–water partition coefficient (Wildman–Crippen LogP) is 1.46. The second-order valence-electron chi connectivity index (χ2n) is 5.40. The van der Waals surface area contributed by atoms with Crippen molar-refractivity contribution < 1.29 is 17.6 Å². The van der Waals surface area contributed by atoms with Crippen LogP contribution in [0.25, 0.3) is 5.52 Å². The van der Waals surface area contributed by atoms with Crippen LogP contribution >= 0.6 is 0 Å². The molecule has 0 spiro atoms. The van der Waals surface area contributed by atoms with Crippen LogP contribution in [0.4, 0.5) is 0 Å². The molecule has 2 N–H and O–H groups in total. The van der Waals surface area contributed by atoms with Crippen molar-refractivity contribution in [1.29, 1.82) is 0 Å². The zero-order valence-electron chi connectivity index (χ0n) is 13.2. The quantitative estimate of drug-likeness (QED) is 0.414. The number of aryl methyl sites for hydroxylation is 3. The van der Waals surface area contributed by atoms with Gasteiger partial charge in [0.25, 0.3) is 6.33 Å². The minimum atomic E-state index is -4.33. The standard InChI is InChI=1S/C9H12O3S.C7H8N3/c1-6-4-7(2)9(8(3)5-6)13(10,11)12;8-10-5-3-7-2-1-4-9(7)6-10/h4-5H,1-3H3,(H,10,11,12);1-6H,8H2/q;+1/p-1. The first-order valence-corrected chi connectivity index (χ1v) is 8.36. The Bertz CT molecular complexity index is 923.